The van der Waals surface area contributed by atoms with Gasteiger partial charge in [-0.1, -0.05) is 41.1 Å². The van der Waals surface area contributed by atoms with Crippen molar-refractivity contribution < 1.29 is 19.0 Å². The number of carbonyl (C=O) groups excluding carboxylic acids is 1. The van der Waals surface area contributed by atoms with Crippen LogP contribution >= 0.6 is 22.9 Å². The van der Waals surface area contributed by atoms with Gasteiger partial charge in [-0.15, -0.1) is 0 Å². The Morgan fingerprint density at radius 1 is 1.26 bits per heavy atom. The molecule has 0 spiro atoms. The fourth-order valence-corrected chi connectivity index (χ4v) is 3.65. The van der Waals surface area contributed by atoms with Crippen molar-refractivity contribution >= 4 is 40.3 Å². The summed E-state index contributed by atoms with van der Waals surface area (Å²) in [5, 5.41) is 5.34. The Bertz CT molecular complexity index is 1080. The molecular weight excluding hydrogens is 438 g/mol. The second kappa shape index (κ2) is 10.8. The molecule has 0 saturated heterocycles. The van der Waals surface area contributed by atoms with Gasteiger partial charge >= 0.3 is 5.97 Å². The first kappa shape index (κ1) is 22.6. The molecule has 162 valence electrons. The lowest BCUT2D eigenvalue weighted by Gasteiger charge is -2.12. The van der Waals surface area contributed by atoms with E-state index in [0.717, 1.165) is 11.1 Å². The van der Waals surface area contributed by atoms with Crippen LogP contribution in [0.3, 0.4) is 0 Å². The van der Waals surface area contributed by atoms with E-state index in [1.54, 1.807) is 27.2 Å². The third-order valence-electron chi connectivity index (χ3n) is 4.16. The second-order valence-corrected chi connectivity index (χ2v) is 7.72. The van der Waals surface area contributed by atoms with Crippen LogP contribution in [0.5, 0.6) is 11.5 Å². The molecule has 9 heteroatoms. The van der Waals surface area contributed by atoms with Gasteiger partial charge in [-0.05, 0) is 43.7 Å². The Morgan fingerprint density at radius 3 is 2.81 bits per heavy atom. The summed E-state index contributed by atoms with van der Waals surface area (Å²) in [5.41, 5.74) is 5.13. The number of nitrogens with one attached hydrogen (secondary N) is 1. The number of aryl methyl sites for hydroxylation is 1. The van der Waals surface area contributed by atoms with Crippen molar-refractivity contribution in [1.29, 1.82) is 0 Å². The Hall–Kier alpha value is -3.10. The van der Waals surface area contributed by atoms with Crippen LogP contribution < -0.4 is 14.9 Å². The smallest absolute Gasteiger partial charge is 0.350 e. The number of hydrogen-bond donors (Lipinski definition) is 1. The van der Waals surface area contributed by atoms with E-state index in [1.165, 1.54) is 11.3 Å². The molecule has 0 unspecified atom stereocenters. The third-order valence-corrected chi connectivity index (χ3v) is 5.57. The van der Waals surface area contributed by atoms with Gasteiger partial charge in [0.1, 0.15) is 11.5 Å². The number of anilines is 1. The molecule has 0 aliphatic carbocycles. The molecule has 0 fully saturated rings. The number of aromatic nitrogens is 1. The first-order valence-electron chi connectivity index (χ1n) is 9.49. The van der Waals surface area contributed by atoms with Crippen molar-refractivity contribution in [3.63, 3.8) is 0 Å². The van der Waals surface area contributed by atoms with Crippen molar-refractivity contribution in [3.8, 4) is 11.5 Å². The van der Waals surface area contributed by atoms with Crippen molar-refractivity contribution in [2.45, 2.75) is 20.5 Å². The van der Waals surface area contributed by atoms with Crippen LogP contribution in [0.15, 0.2) is 47.6 Å². The number of hydrogen-bond acceptors (Lipinski definition) is 8. The number of methoxy groups -OCH3 is 1. The Morgan fingerprint density at radius 2 is 2.06 bits per heavy atom. The minimum absolute atomic E-state index is 0.316. The molecule has 0 aliphatic rings. The lowest BCUT2D eigenvalue weighted by Crippen LogP contribution is -2.03. The average Bonchev–Trinajstić information content (AvgIpc) is 3.14. The van der Waals surface area contributed by atoms with Gasteiger partial charge in [0.05, 0.1) is 25.6 Å². The zero-order valence-corrected chi connectivity index (χ0v) is 18.9. The molecule has 3 rings (SSSR count). The second-order valence-electron chi connectivity index (χ2n) is 6.31. The molecule has 0 amide bonds. The number of hydrazone groups is 1. The molecular formula is C22H22ClN3O4S. The quantitative estimate of drug-likeness (QED) is 0.265. The average molecular weight is 460 g/mol. The third kappa shape index (κ3) is 5.96. The van der Waals surface area contributed by atoms with Crippen molar-refractivity contribution in [1.82, 2.24) is 4.98 Å². The van der Waals surface area contributed by atoms with Gasteiger partial charge in [0, 0.05) is 10.6 Å². The lowest BCUT2D eigenvalue weighted by atomic mass is 10.2. The molecule has 0 atom stereocenters. The normalized spacial score (nSPS) is 10.8. The van der Waals surface area contributed by atoms with E-state index < -0.39 is 0 Å². The topological polar surface area (TPSA) is 82.0 Å². The summed E-state index contributed by atoms with van der Waals surface area (Å²) in [5.74, 6) is 0.791. The number of esters is 1. The van der Waals surface area contributed by atoms with Crippen LogP contribution in [-0.2, 0) is 11.3 Å². The maximum absolute atomic E-state index is 11.9. The molecule has 1 N–H and O–H groups in total. The van der Waals surface area contributed by atoms with E-state index in [9.17, 15) is 4.79 Å². The van der Waals surface area contributed by atoms with E-state index in [2.05, 4.69) is 15.5 Å². The molecule has 3 aromatic rings. The summed E-state index contributed by atoms with van der Waals surface area (Å²) in [6.07, 6.45) is 1.63. The van der Waals surface area contributed by atoms with Gasteiger partial charge in [-0.3, -0.25) is 5.43 Å². The van der Waals surface area contributed by atoms with E-state index in [-0.39, 0.29) is 5.97 Å². The highest BCUT2D eigenvalue weighted by atomic mass is 35.5. The van der Waals surface area contributed by atoms with Gasteiger partial charge in [0.2, 0.25) is 5.13 Å². The van der Waals surface area contributed by atoms with Crippen LogP contribution in [-0.4, -0.2) is 30.9 Å². The van der Waals surface area contributed by atoms with Gasteiger partial charge in [-0.25, -0.2) is 9.78 Å². The number of carbonyl (C=O) groups is 1. The molecule has 0 bridgehead atoms. The maximum atomic E-state index is 11.9. The number of rotatable bonds is 9. The highest BCUT2D eigenvalue weighted by Gasteiger charge is 2.16. The SMILES string of the molecule is CCOC(=O)c1sc(N/N=C\c2ccc(OCc3ccccc3Cl)c(OC)c2)nc1C. The largest absolute Gasteiger partial charge is 0.493 e. The predicted molar refractivity (Wildman–Crippen MR) is 123 cm³/mol. The molecule has 7 nitrogen and oxygen atoms in total. The summed E-state index contributed by atoms with van der Waals surface area (Å²) >= 11 is 7.37. The minimum Gasteiger partial charge on any atom is -0.493 e. The van der Waals surface area contributed by atoms with Crippen LogP contribution in [0.1, 0.15) is 33.4 Å². The molecule has 1 aromatic heterocycles. The predicted octanol–water partition coefficient (Wildman–Crippen LogP) is 5.32. The van der Waals surface area contributed by atoms with Crippen molar-refractivity contribution in [2.24, 2.45) is 5.10 Å². The lowest BCUT2D eigenvalue weighted by molar-refractivity contribution is 0.0531. The first-order chi connectivity index (χ1) is 15.0. The van der Waals surface area contributed by atoms with Gasteiger partial charge in [0.15, 0.2) is 11.5 Å². The summed E-state index contributed by atoms with van der Waals surface area (Å²) in [4.78, 5) is 16.6. The first-order valence-corrected chi connectivity index (χ1v) is 10.7. The number of ether oxygens (including phenoxy) is 3. The minimum atomic E-state index is -0.383. The van der Waals surface area contributed by atoms with E-state index in [4.69, 9.17) is 25.8 Å². The number of halogens is 1. The summed E-state index contributed by atoms with van der Waals surface area (Å²) in [6.45, 7) is 4.16. The Balaban J connectivity index is 1.64. The molecule has 0 aliphatic heterocycles. The number of nitrogens with zero attached hydrogens (tertiary/aromatic N) is 2. The van der Waals surface area contributed by atoms with Crippen molar-refractivity contribution in [2.75, 3.05) is 19.1 Å². The monoisotopic (exact) mass is 459 g/mol. The van der Waals surface area contributed by atoms with Crippen LogP contribution in [0.2, 0.25) is 5.02 Å². The van der Waals surface area contributed by atoms with E-state index in [1.807, 2.05) is 42.5 Å². The van der Waals surface area contributed by atoms with Gasteiger partial charge < -0.3 is 14.2 Å². The van der Waals surface area contributed by atoms with E-state index >= 15 is 0 Å². The molecule has 1 heterocycles. The fraction of sp³-hybridized carbons (Fsp3) is 0.227. The van der Waals surface area contributed by atoms with Gasteiger partial charge in [-0.2, -0.15) is 5.10 Å². The number of thiazole rings is 1. The summed E-state index contributed by atoms with van der Waals surface area (Å²) in [6, 6.07) is 13.0. The van der Waals surface area contributed by atoms with E-state index in [0.29, 0.717) is 45.4 Å². The van der Waals surface area contributed by atoms with Gasteiger partial charge in [0.25, 0.3) is 0 Å². The Labute approximate surface area is 189 Å². The maximum Gasteiger partial charge on any atom is 0.350 e. The Kier molecular flexibility index (Phi) is 7.86. The summed E-state index contributed by atoms with van der Waals surface area (Å²) < 4.78 is 16.3. The molecule has 2 aromatic carbocycles. The number of benzene rings is 2. The molecule has 0 saturated carbocycles. The molecule has 0 radical (unpaired) electrons. The summed E-state index contributed by atoms with van der Waals surface area (Å²) in [7, 11) is 1.58. The highest BCUT2D eigenvalue weighted by Crippen LogP contribution is 2.29. The molecule has 31 heavy (non-hydrogen) atoms. The fourth-order valence-electron chi connectivity index (χ4n) is 2.65. The van der Waals surface area contributed by atoms with Crippen LogP contribution in [0.25, 0.3) is 0 Å². The standard InChI is InChI=1S/C22H22ClN3O4S/c1-4-29-21(27)20-14(2)25-22(31-20)26-24-12-15-9-10-18(19(11-15)28-3)30-13-16-7-5-6-8-17(16)23/h5-12H,4,13H2,1-3H3,(H,25,26)/b24-12-. The zero-order chi connectivity index (χ0) is 22.2. The zero-order valence-electron chi connectivity index (χ0n) is 17.3. The van der Waals surface area contributed by atoms with Crippen LogP contribution in [0, 0.1) is 6.92 Å². The van der Waals surface area contributed by atoms with Crippen molar-refractivity contribution in [3.05, 3.63) is 69.2 Å². The highest BCUT2D eigenvalue weighted by molar-refractivity contribution is 7.17. The van der Waals surface area contributed by atoms with Crippen LogP contribution in [0.4, 0.5) is 5.13 Å².